The van der Waals surface area contributed by atoms with Gasteiger partial charge in [-0.1, -0.05) is 11.6 Å². The molecule has 3 nitrogen and oxygen atoms in total. The number of rotatable bonds is 3. The lowest BCUT2D eigenvalue weighted by Crippen LogP contribution is -2.35. The quantitative estimate of drug-likeness (QED) is 0.734. The third-order valence-corrected chi connectivity index (χ3v) is 4.22. The van der Waals surface area contributed by atoms with Gasteiger partial charge >= 0.3 is 0 Å². The van der Waals surface area contributed by atoms with E-state index >= 15 is 0 Å². The minimum Gasteiger partial charge on any atom is -0.322 e. The second kappa shape index (κ2) is 8.24. The van der Waals surface area contributed by atoms with Crippen molar-refractivity contribution in [1.29, 1.82) is 0 Å². The second-order valence-corrected chi connectivity index (χ2v) is 6.13. The third kappa shape index (κ3) is 4.28. The van der Waals surface area contributed by atoms with Crippen molar-refractivity contribution in [1.82, 2.24) is 5.32 Å². The Bertz CT molecular complexity index is 835. The Kier molecular flexibility index (Phi) is 6.49. The standard InChI is InChI=1S/C17H13ClF4N2O.ClH/c18-13-4-8(19)1-2-11(13)12-3-9(20)5-14(16(12)22)24-17(25)15-6-10(21)7-23-15;/h1-5,10,15,23H,6-7H2,(H,24,25);1H/t10-,15+;/m1./s1. The molecule has 0 radical (unpaired) electrons. The van der Waals surface area contributed by atoms with E-state index in [1.54, 1.807) is 0 Å². The number of halogens is 6. The van der Waals surface area contributed by atoms with Crippen molar-refractivity contribution in [2.24, 2.45) is 0 Å². The van der Waals surface area contributed by atoms with Crippen LogP contribution in [0.4, 0.5) is 23.2 Å². The fourth-order valence-corrected chi connectivity index (χ4v) is 2.97. The zero-order valence-corrected chi connectivity index (χ0v) is 14.7. The monoisotopic (exact) mass is 408 g/mol. The number of benzene rings is 2. The van der Waals surface area contributed by atoms with Crippen LogP contribution in [0.15, 0.2) is 30.3 Å². The number of alkyl halides is 1. The summed E-state index contributed by atoms with van der Waals surface area (Å²) in [5.41, 5.74) is -0.536. The Labute approximate surface area is 158 Å². The highest BCUT2D eigenvalue weighted by atomic mass is 35.5. The largest absolute Gasteiger partial charge is 0.322 e. The summed E-state index contributed by atoms with van der Waals surface area (Å²) in [6.45, 7) is 0.0279. The van der Waals surface area contributed by atoms with Crippen LogP contribution >= 0.6 is 24.0 Å². The van der Waals surface area contributed by atoms with Gasteiger partial charge in [-0.15, -0.1) is 12.4 Å². The molecule has 1 saturated heterocycles. The van der Waals surface area contributed by atoms with Gasteiger partial charge < -0.3 is 10.6 Å². The third-order valence-electron chi connectivity index (χ3n) is 3.91. The van der Waals surface area contributed by atoms with E-state index in [4.69, 9.17) is 11.6 Å². The highest BCUT2D eigenvalue weighted by Crippen LogP contribution is 2.34. The number of nitrogens with one attached hydrogen (secondary N) is 2. The van der Waals surface area contributed by atoms with E-state index < -0.39 is 41.3 Å². The van der Waals surface area contributed by atoms with Crippen molar-refractivity contribution in [3.63, 3.8) is 0 Å². The summed E-state index contributed by atoms with van der Waals surface area (Å²) in [7, 11) is 0. The van der Waals surface area contributed by atoms with Crippen molar-refractivity contribution in [2.45, 2.75) is 18.6 Å². The molecule has 140 valence electrons. The van der Waals surface area contributed by atoms with E-state index in [-0.39, 0.29) is 41.5 Å². The Balaban J connectivity index is 0.00000243. The summed E-state index contributed by atoms with van der Waals surface area (Å²) in [5, 5.41) is 4.81. The number of carbonyl (C=O) groups is 1. The van der Waals surface area contributed by atoms with Gasteiger partial charge in [0.05, 0.1) is 16.8 Å². The van der Waals surface area contributed by atoms with Gasteiger partial charge in [0.25, 0.3) is 0 Å². The van der Waals surface area contributed by atoms with Crippen LogP contribution in [0.2, 0.25) is 5.02 Å². The molecule has 2 aromatic rings. The molecule has 0 bridgehead atoms. The molecule has 1 amide bonds. The molecule has 1 heterocycles. The van der Waals surface area contributed by atoms with Crippen molar-refractivity contribution < 1.29 is 22.4 Å². The first-order valence-electron chi connectivity index (χ1n) is 7.48. The summed E-state index contributed by atoms with van der Waals surface area (Å²) in [5.74, 6) is -3.01. The molecule has 0 aromatic heterocycles. The molecule has 0 aliphatic carbocycles. The number of amides is 1. The van der Waals surface area contributed by atoms with Gasteiger partial charge in [0, 0.05) is 30.2 Å². The topological polar surface area (TPSA) is 41.1 Å². The maximum Gasteiger partial charge on any atom is 0.241 e. The van der Waals surface area contributed by atoms with Crippen LogP contribution in [0, 0.1) is 17.5 Å². The predicted octanol–water partition coefficient (Wildman–Crippen LogP) is 4.48. The van der Waals surface area contributed by atoms with Gasteiger partial charge in [0.15, 0.2) is 5.82 Å². The van der Waals surface area contributed by atoms with Gasteiger partial charge in [-0.05, 0) is 24.3 Å². The molecular formula is C17H14Cl2F4N2O. The van der Waals surface area contributed by atoms with E-state index in [0.29, 0.717) is 0 Å². The molecule has 2 atom stereocenters. The molecule has 3 rings (SSSR count). The fraction of sp³-hybridized carbons (Fsp3) is 0.235. The Hall–Kier alpha value is -1.83. The lowest BCUT2D eigenvalue weighted by Gasteiger charge is -2.14. The molecular weight excluding hydrogens is 395 g/mol. The second-order valence-electron chi connectivity index (χ2n) is 5.72. The van der Waals surface area contributed by atoms with E-state index in [2.05, 4.69) is 10.6 Å². The maximum absolute atomic E-state index is 14.7. The van der Waals surface area contributed by atoms with E-state index in [1.165, 1.54) is 6.07 Å². The van der Waals surface area contributed by atoms with Crippen molar-refractivity contribution >= 4 is 35.6 Å². The van der Waals surface area contributed by atoms with Crippen molar-refractivity contribution in [3.05, 3.63) is 52.8 Å². The molecule has 1 fully saturated rings. The van der Waals surface area contributed by atoms with Crippen LogP contribution in [0.1, 0.15) is 6.42 Å². The van der Waals surface area contributed by atoms with E-state index in [1.807, 2.05) is 0 Å². The summed E-state index contributed by atoms with van der Waals surface area (Å²) in [6.07, 6.45) is -1.21. The summed E-state index contributed by atoms with van der Waals surface area (Å²) >= 11 is 5.90. The smallest absolute Gasteiger partial charge is 0.241 e. The molecule has 1 aliphatic heterocycles. The molecule has 2 aromatic carbocycles. The number of carbonyl (C=O) groups excluding carboxylic acids is 1. The highest BCUT2D eigenvalue weighted by molar-refractivity contribution is 6.33. The molecule has 1 aliphatic rings. The molecule has 9 heteroatoms. The first-order valence-corrected chi connectivity index (χ1v) is 7.85. The highest BCUT2D eigenvalue weighted by Gasteiger charge is 2.30. The summed E-state index contributed by atoms with van der Waals surface area (Å²) in [6, 6.07) is 4.14. The molecule has 0 spiro atoms. The van der Waals surface area contributed by atoms with Crippen LogP contribution in [-0.4, -0.2) is 24.7 Å². The molecule has 2 N–H and O–H groups in total. The SMILES string of the molecule is Cl.O=C(Nc1cc(F)cc(-c2ccc(F)cc2Cl)c1F)[C@@H]1C[C@@H](F)CN1. The van der Waals surface area contributed by atoms with E-state index in [9.17, 15) is 22.4 Å². The van der Waals surface area contributed by atoms with Gasteiger partial charge in [-0.2, -0.15) is 0 Å². The number of anilines is 1. The molecule has 26 heavy (non-hydrogen) atoms. The minimum atomic E-state index is -1.17. The lowest BCUT2D eigenvalue weighted by atomic mass is 10.0. The first kappa shape index (κ1) is 20.5. The van der Waals surface area contributed by atoms with E-state index in [0.717, 1.165) is 24.3 Å². The van der Waals surface area contributed by atoms with Crippen molar-refractivity contribution in [3.8, 4) is 11.1 Å². The van der Waals surface area contributed by atoms with Gasteiger partial charge in [-0.25, -0.2) is 17.6 Å². The van der Waals surface area contributed by atoms with Crippen LogP contribution in [0.5, 0.6) is 0 Å². The van der Waals surface area contributed by atoms with Gasteiger partial charge in [0.1, 0.15) is 17.8 Å². The average Bonchev–Trinajstić information content (AvgIpc) is 2.97. The first-order chi connectivity index (χ1) is 11.8. The molecule has 0 unspecified atom stereocenters. The average molecular weight is 409 g/mol. The summed E-state index contributed by atoms with van der Waals surface area (Å²) < 4.78 is 54.9. The lowest BCUT2D eigenvalue weighted by molar-refractivity contribution is -0.117. The maximum atomic E-state index is 14.7. The number of hydrogen-bond acceptors (Lipinski definition) is 2. The van der Waals surface area contributed by atoms with Crippen LogP contribution in [-0.2, 0) is 4.79 Å². The normalized spacial score (nSPS) is 19.1. The Morgan fingerprint density at radius 2 is 1.85 bits per heavy atom. The van der Waals surface area contributed by atoms with Crippen molar-refractivity contribution in [2.75, 3.05) is 11.9 Å². The zero-order chi connectivity index (χ0) is 18.1. The van der Waals surface area contributed by atoms with Crippen LogP contribution < -0.4 is 10.6 Å². The minimum absolute atomic E-state index is 0. The zero-order valence-electron chi connectivity index (χ0n) is 13.2. The van der Waals surface area contributed by atoms with Crippen LogP contribution in [0.3, 0.4) is 0 Å². The van der Waals surface area contributed by atoms with Gasteiger partial charge in [0.2, 0.25) is 5.91 Å². The number of hydrogen-bond donors (Lipinski definition) is 2. The fourth-order valence-electron chi connectivity index (χ4n) is 2.70. The van der Waals surface area contributed by atoms with Crippen LogP contribution in [0.25, 0.3) is 11.1 Å². The Morgan fingerprint density at radius 3 is 2.46 bits per heavy atom. The molecule has 0 saturated carbocycles. The summed E-state index contributed by atoms with van der Waals surface area (Å²) in [4.78, 5) is 12.1. The Morgan fingerprint density at radius 1 is 1.12 bits per heavy atom. The predicted molar refractivity (Wildman–Crippen MR) is 93.9 cm³/mol. The van der Waals surface area contributed by atoms with Gasteiger partial charge in [-0.3, -0.25) is 4.79 Å².